The number of nitrogens with zero attached hydrogens (tertiary/aromatic N) is 3. The van der Waals surface area contributed by atoms with Gasteiger partial charge in [-0.2, -0.15) is 0 Å². The van der Waals surface area contributed by atoms with E-state index in [0.29, 0.717) is 35.9 Å². The van der Waals surface area contributed by atoms with Crippen LogP contribution < -0.4 is 4.74 Å². The summed E-state index contributed by atoms with van der Waals surface area (Å²) >= 11 is 0. The number of methoxy groups -OCH3 is 1. The van der Waals surface area contributed by atoms with Crippen LogP contribution in [0.15, 0.2) is 66.7 Å². The molecule has 0 saturated carbocycles. The number of amides is 1. The maximum Gasteiger partial charge on any atom is 0.328 e. The van der Waals surface area contributed by atoms with E-state index in [9.17, 15) is 14.4 Å². The fraction of sp³-hybridized carbons (Fsp3) is 0.333. The third-order valence-corrected chi connectivity index (χ3v) is 7.10. The average Bonchev–Trinajstić information content (AvgIpc) is 3.25. The van der Waals surface area contributed by atoms with Crippen LogP contribution in [0, 0.1) is 5.92 Å². The quantitative estimate of drug-likeness (QED) is 0.415. The maximum absolute atomic E-state index is 13.1. The minimum Gasteiger partial charge on any atom is -0.495 e. The molecule has 0 atom stereocenters. The van der Waals surface area contributed by atoms with Gasteiger partial charge in [-0.1, -0.05) is 42.5 Å². The first kappa shape index (κ1) is 27.8. The Morgan fingerprint density at radius 1 is 1.00 bits per heavy atom. The standard InChI is InChI=1S/C26H29N3O2.C4H4O4/c1-31-25-21-9-5-6-10-22(21)27-23-18-29(26(30)24(23)25)16-13-19-11-14-28(15-12-19)17-20-7-3-2-4-8-20;5-3(6)1-2-4(7)8/h2-10,19H,11-18H2,1H3;1-2H,(H,5,6)(H,7,8)/b;2-1+. The molecule has 0 radical (unpaired) electrons. The van der Waals surface area contributed by atoms with E-state index in [1.165, 1.54) is 18.4 Å². The highest BCUT2D eigenvalue weighted by molar-refractivity contribution is 6.05. The van der Waals surface area contributed by atoms with Crippen LogP contribution in [0.2, 0.25) is 0 Å². The maximum atomic E-state index is 13.1. The second-order valence-corrected chi connectivity index (χ2v) is 9.71. The zero-order valence-electron chi connectivity index (χ0n) is 22.0. The van der Waals surface area contributed by atoms with Crippen molar-refractivity contribution in [1.82, 2.24) is 14.8 Å². The van der Waals surface area contributed by atoms with Gasteiger partial charge in [0.2, 0.25) is 0 Å². The second-order valence-electron chi connectivity index (χ2n) is 9.71. The molecule has 1 fully saturated rings. The molecule has 9 nitrogen and oxygen atoms in total. The van der Waals surface area contributed by atoms with Gasteiger partial charge in [-0.3, -0.25) is 9.69 Å². The summed E-state index contributed by atoms with van der Waals surface area (Å²) in [6, 6.07) is 18.6. The van der Waals surface area contributed by atoms with E-state index >= 15 is 0 Å². The van der Waals surface area contributed by atoms with Crippen LogP contribution in [0.3, 0.4) is 0 Å². The van der Waals surface area contributed by atoms with E-state index in [-0.39, 0.29) is 5.91 Å². The minimum absolute atomic E-state index is 0.0617. The molecule has 0 bridgehead atoms. The lowest BCUT2D eigenvalue weighted by Crippen LogP contribution is -2.35. The summed E-state index contributed by atoms with van der Waals surface area (Å²) in [6.07, 6.45) is 4.58. The lowest BCUT2D eigenvalue weighted by atomic mass is 9.93. The summed E-state index contributed by atoms with van der Waals surface area (Å²) in [4.78, 5) is 41.5. The first-order chi connectivity index (χ1) is 18.9. The highest BCUT2D eigenvalue weighted by Crippen LogP contribution is 2.36. The van der Waals surface area contributed by atoms with Crippen LogP contribution in [-0.2, 0) is 22.7 Å². The lowest BCUT2D eigenvalue weighted by Gasteiger charge is -2.32. The number of piperidine rings is 1. The molecule has 9 heteroatoms. The molecular formula is C30H33N3O6. The molecule has 1 amide bonds. The molecule has 0 unspecified atom stereocenters. The third kappa shape index (κ3) is 7.20. The molecule has 1 saturated heterocycles. The number of aromatic nitrogens is 1. The molecule has 2 aliphatic rings. The number of carboxylic acids is 2. The molecule has 2 N–H and O–H groups in total. The molecule has 3 aromatic rings. The topological polar surface area (TPSA) is 120 Å². The molecule has 3 heterocycles. The van der Waals surface area contributed by atoms with Gasteiger partial charge in [0.15, 0.2) is 0 Å². The van der Waals surface area contributed by atoms with Crippen molar-refractivity contribution >= 4 is 28.7 Å². The van der Waals surface area contributed by atoms with Gasteiger partial charge in [-0.15, -0.1) is 0 Å². The van der Waals surface area contributed by atoms with Crippen molar-refractivity contribution in [2.75, 3.05) is 26.7 Å². The number of likely N-dealkylation sites (tertiary alicyclic amines) is 1. The number of carboxylic acid groups (broad SMARTS) is 2. The van der Waals surface area contributed by atoms with Crippen molar-refractivity contribution in [3.05, 3.63) is 83.6 Å². The molecule has 39 heavy (non-hydrogen) atoms. The minimum atomic E-state index is -1.26. The van der Waals surface area contributed by atoms with Gasteiger partial charge in [-0.05, 0) is 56.0 Å². The van der Waals surface area contributed by atoms with Crippen LogP contribution in [-0.4, -0.2) is 69.6 Å². The molecule has 0 spiro atoms. The smallest absolute Gasteiger partial charge is 0.328 e. The molecule has 0 aliphatic carbocycles. The number of carbonyl (C=O) groups excluding carboxylic acids is 1. The van der Waals surface area contributed by atoms with Gasteiger partial charge < -0.3 is 19.8 Å². The number of aliphatic carboxylic acids is 2. The molecule has 5 rings (SSSR count). The van der Waals surface area contributed by atoms with Gasteiger partial charge in [0, 0.05) is 30.6 Å². The van der Waals surface area contributed by atoms with Crippen molar-refractivity contribution in [1.29, 1.82) is 0 Å². The zero-order valence-corrected chi connectivity index (χ0v) is 22.0. The summed E-state index contributed by atoms with van der Waals surface area (Å²) in [5.41, 5.74) is 3.77. The van der Waals surface area contributed by atoms with E-state index in [2.05, 4.69) is 35.2 Å². The predicted octanol–water partition coefficient (Wildman–Crippen LogP) is 4.21. The first-order valence-corrected chi connectivity index (χ1v) is 13.0. The SMILES string of the molecule is COc1c2c(nc3ccccc13)CN(CCC1CCN(Cc3ccccc3)CC1)C2=O.O=C(O)/C=C/C(=O)O. The van der Waals surface area contributed by atoms with Crippen molar-refractivity contribution in [2.24, 2.45) is 5.92 Å². The third-order valence-electron chi connectivity index (χ3n) is 7.10. The van der Waals surface area contributed by atoms with E-state index in [1.807, 2.05) is 29.2 Å². The fourth-order valence-corrected chi connectivity index (χ4v) is 5.12. The predicted molar refractivity (Wildman–Crippen MR) is 147 cm³/mol. The molecule has 2 aliphatic heterocycles. The molecular weight excluding hydrogens is 498 g/mol. The van der Waals surface area contributed by atoms with Gasteiger partial charge in [-0.25, -0.2) is 14.6 Å². The average molecular weight is 532 g/mol. The highest BCUT2D eigenvalue weighted by Gasteiger charge is 2.33. The number of rotatable bonds is 8. The van der Waals surface area contributed by atoms with Crippen molar-refractivity contribution < 1.29 is 29.3 Å². The van der Waals surface area contributed by atoms with Gasteiger partial charge in [0.05, 0.1) is 24.9 Å². The summed E-state index contributed by atoms with van der Waals surface area (Å²) in [6.45, 7) is 4.68. The number of benzene rings is 2. The molecule has 2 aromatic carbocycles. The van der Waals surface area contributed by atoms with Gasteiger partial charge >= 0.3 is 11.9 Å². The molecule has 204 valence electrons. The number of ether oxygens (including phenoxy) is 1. The number of pyridine rings is 1. The molecule has 1 aromatic heterocycles. The Morgan fingerprint density at radius 3 is 2.28 bits per heavy atom. The zero-order chi connectivity index (χ0) is 27.8. The van der Waals surface area contributed by atoms with E-state index in [4.69, 9.17) is 19.9 Å². The fourth-order valence-electron chi connectivity index (χ4n) is 5.12. The van der Waals surface area contributed by atoms with Crippen LogP contribution in [0.4, 0.5) is 0 Å². The number of hydrogen-bond acceptors (Lipinski definition) is 6. The van der Waals surface area contributed by atoms with Crippen molar-refractivity contribution in [2.45, 2.75) is 32.4 Å². The Balaban J connectivity index is 0.000000386. The normalized spacial score (nSPS) is 15.7. The van der Waals surface area contributed by atoms with Crippen LogP contribution >= 0.6 is 0 Å². The first-order valence-electron chi connectivity index (χ1n) is 13.0. The van der Waals surface area contributed by atoms with Crippen molar-refractivity contribution in [3.8, 4) is 5.75 Å². The largest absolute Gasteiger partial charge is 0.495 e. The van der Waals surface area contributed by atoms with E-state index in [1.54, 1.807) is 7.11 Å². The Bertz CT molecular complexity index is 1330. The van der Waals surface area contributed by atoms with Crippen molar-refractivity contribution in [3.63, 3.8) is 0 Å². The monoisotopic (exact) mass is 531 g/mol. The number of hydrogen-bond donors (Lipinski definition) is 2. The summed E-state index contributed by atoms with van der Waals surface area (Å²) in [7, 11) is 1.64. The summed E-state index contributed by atoms with van der Waals surface area (Å²) in [5, 5.41) is 16.5. The van der Waals surface area contributed by atoms with Crippen LogP contribution in [0.25, 0.3) is 10.9 Å². The van der Waals surface area contributed by atoms with E-state index in [0.717, 1.165) is 49.2 Å². The summed E-state index contributed by atoms with van der Waals surface area (Å²) < 4.78 is 5.65. The number of fused-ring (bicyclic) bond motifs is 2. The van der Waals surface area contributed by atoms with E-state index < -0.39 is 11.9 Å². The Morgan fingerprint density at radius 2 is 1.64 bits per heavy atom. The lowest BCUT2D eigenvalue weighted by molar-refractivity contribution is -0.134. The highest BCUT2D eigenvalue weighted by atomic mass is 16.5. The van der Waals surface area contributed by atoms with Gasteiger partial charge in [0.1, 0.15) is 11.3 Å². The second kappa shape index (κ2) is 13.0. The van der Waals surface area contributed by atoms with Gasteiger partial charge in [0.25, 0.3) is 5.91 Å². The van der Waals surface area contributed by atoms with Crippen LogP contribution in [0.5, 0.6) is 5.75 Å². The Hall–Kier alpha value is -4.24. The Labute approximate surface area is 227 Å². The number of para-hydroxylation sites is 1. The van der Waals surface area contributed by atoms with Crippen LogP contribution in [0.1, 0.15) is 40.9 Å². The Kier molecular flexibility index (Phi) is 9.27. The number of carbonyl (C=O) groups is 3. The summed E-state index contributed by atoms with van der Waals surface area (Å²) in [5.74, 6) is -1.11.